The number of amides is 2. The van der Waals surface area contributed by atoms with E-state index in [0.29, 0.717) is 24.2 Å². The lowest BCUT2D eigenvalue weighted by Crippen LogP contribution is -2.33. The highest BCUT2D eigenvalue weighted by atomic mass is 16.5. The van der Waals surface area contributed by atoms with Crippen LogP contribution in [0.25, 0.3) is 0 Å². The van der Waals surface area contributed by atoms with E-state index in [4.69, 9.17) is 9.47 Å². The van der Waals surface area contributed by atoms with Crippen molar-refractivity contribution in [3.63, 3.8) is 0 Å². The van der Waals surface area contributed by atoms with Gasteiger partial charge in [-0.15, -0.1) is 0 Å². The Morgan fingerprint density at radius 1 is 1.07 bits per heavy atom. The van der Waals surface area contributed by atoms with Crippen LogP contribution in [0.5, 0.6) is 5.75 Å². The van der Waals surface area contributed by atoms with Gasteiger partial charge in [0, 0.05) is 6.54 Å². The molecule has 2 aliphatic rings. The maximum absolute atomic E-state index is 12.3. The minimum Gasteiger partial charge on any atom is -0.496 e. The highest BCUT2D eigenvalue weighted by Crippen LogP contribution is 2.35. The summed E-state index contributed by atoms with van der Waals surface area (Å²) in [6, 6.07) is 6.66. The number of hydrogen-bond acceptors (Lipinski definition) is 6. The smallest absolute Gasteiger partial charge is 0.308 e. The number of ketones is 1. The molecule has 1 heterocycles. The summed E-state index contributed by atoms with van der Waals surface area (Å²) in [4.78, 5) is 49.9. The van der Waals surface area contributed by atoms with Crippen LogP contribution in [0, 0.1) is 11.8 Å². The first-order chi connectivity index (χ1) is 13.0. The second-order valence-corrected chi connectivity index (χ2v) is 6.52. The van der Waals surface area contributed by atoms with Crippen molar-refractivity contribution in [2.45, 2.75) is 19.3 Å². The Balaban J connectivity index is 1.49. The van der Waals surface area contributed by atoms with Gasteiger partial charge in [0.25, 0.3) is 0 Å². The lowest BCUT2D eigenvalue weighted by Gasteiger charge is -2.14. The number of ether oxygens (including phenoxy) is 2. The van der Waals surface area contributed by atoms with Crippen molar-refractivity contribution < 1.29 is 28.7 Å². The van der Waals surface area contributed by atoms with E-state index in [9.17, 15) is 19.2 Å². The van der Waals surface area contributed by atoms with Gasteiger partial charge in [-0.25, -0.2) is 0 Å². The van der Waals surface area contributed by atoms with Crippen LogP contribution in [0.1, 0.15) is 29.6 Å². The maximum atomic E-state index is 12.3. The highest BCUT2D eigenvalue weighted by Gasteiger charge is 2.46. The maximum Gasteiger partial charge on any atom is 0.308 e. The number of likely N-dealkylation sites (tertiary alicyclic amines) is 1. The summed E-state index contributed by atoms with van der Waals surface area (Å²) in [7, 11) is 1.45. The number of benzene rings is 1. The van der Waals surface area contributed by atoms with Crippen LogP contribution >= 0.6 is 0 Å². The fourth-order valence-electron chi connectivity index (χ4n) is 3.46. The summed E-state index contributed by atoms with van der Waals surface area (Å²) in [5.41, 5.74) is 0.328. The molecule has 0 radical (unpaired) electrons. The minimum absolute atomic E-state index is 0.0215. The number of fused-ring (bicyclic) bond motifs is 1. The van der Waals surface area contributed by atoms with E-state index >= 15 is 0 Å². The lowest BCUT2D eigenvalue weighted by atomic mass is 9.85. The average Bonchev–Trinajstić information content (AvgIpc) is 2.95. The van der Waals surface area contributed by atoms with Gasteiger partial charge in [0.05, 0.1) is 30.9 Å². The van der Waals surface area contributed by atoms with Gasteiger partial charge in [0.1, 0.15) is 5.75 Å². The molecule has 1 aromatic rings. The molecule has 1 aliphatic carbocycles. The van der Waals surface area contributed by atoms with Crippen LogP contribution in [0.2, 0.25) is 0 Å². The highest BCUT2D eigenvalue weighted by molar-refractivity contribution is 6.05. The first-order valence-corrected chi connectivity index (χ1v) is 8.85. The zero-order chi connectivity index (χ0) is 19.4. The number of allylic oxidation sites excluding steroid dienone is 2. The van der Waals surface area contributed by atoms with Crippen LogP contribution in [-0.4, -0.2) is 48.7 Å². The summed E-state index contributed by atoms with van der Waals surface area (Å²) in [5.74, 6) is -1.70. The second-order valence-electron chi connectivity index (χ2n) is 6.52. The predicted octanol–water partition coefficient (Wildman–Crippen LogP) is 1.76. The Labute approximate surface area is 156 Å². The number of hydrogen-bond donors (Lipinski definition) is 0. The lowest BCUT2D eigenvalue weighted by molar-refractivity contribution is -0.145. The van der Waals surface area contributed by atoms with Crippen molar-refractivity contribution in [2.24, 2.45) is 11.8 Å². The summed E-state index contributed by atoms with van der Waals surface area (Å²) < 4.78 is 10.1. The van der Waals surface area contributed by atoms with Crippen LogP contribution in [0.4, 0.5) is 0 Å². The Morgan fingerprint density at radius 2 is 1.70 bits per heavy atom. The first kappa shape index (κ1) is 18.8. The Bertz CT molecular complexity index is 773. The van der Waals surface area contributed by atoms with Gasteiger partial charge < -0.3 is 9.47 Å². The number of imide groups is 1. The molecular weight excluding hydrogens is 350 g/mol. The van der Waals surface area contributed by atoms with Crippen molar-refractivity contribution >= 4 is 23.6 Å². The summed E-state index contributed by atoms with van der Waals surface area (Å²) >= 11 is 0. The molecule has 0 aromatic heterocycles. The molecule has 0 saturated carbocycles. The van der Waals surface area contributed by atoms with Gasteiger partial charge in [0.2, 0.25) is 17.6 Å². The zero-order valence-corrected chi connectivity index (χ0v) is 15.1. The van der Waals surface area contributed by atoms with Crippen LogP contribution < -0.4 is 4.74 Å². The third kappa shape index (κ3) is 3.92. The quantitative estimate of drug-likeness (QED) is 0.314. The molecule has 0 spiro atoms. The normalized spacial score (nSPS) is 21.1. The number of carbonyl (C=O) groups is 4. The monoisotopic (exact) mass is 371 g/mol. The SMILES string of the molecule is COc1ccccc1C(=O)COC(=O)CCN1C(=O)[C@H]2CC=CC[C@@H]2C1=O. The number of nitrogens with zero attached hydrogens (tertiary/aromatic N) is 1. The third-order valence-electron chi connectivity index (χ3n) is 4.91. The van der Waals surface area contributed by atoms with Crippen molar-refractivity contribution in [2.75, 3.05) is 20.3 Å². The molecular formula is C20H21NO6. The van der Waals surface area contributed by atoms with Gasteiger partial charge in [0.15, 0.2) is 6.61 Å². The molecule has 2 amide bonds. The molecule has 1 saturated heterocycles. The van der Waals surface area contributed by atoms with Gasteiger partial charge in [-0.1, -0.05) is 24.3 Å². The van der Waals surface area contributed by atoms with E-state index in [0.717, 1.165) is 4.90 Å². The summed E-state index contributed by atoms with van der Waals surface area (Å²) in [5, 5.41) is 0. The molecule has 3 rings (SSSR count). The predicted molar refractivity (Wildman–Crippen MR) is 95.0 cm³/mol. The Morgan fingerprint density at radius 3 is 2.33 bits per heavy atom. The molecule has 0 unspecified atom stereocenters. The van der Waals surface area contributed by atoms with E-state index in [-0.39, 0.29) is 42.4 Å². The van der Waals surface area contributed by atoms with Crippen molar-refractivity contribution in [1.82, 2.24) is 4.90 Å². The number of carbonyl (C=O) groups excluding carboxylic acids is 4. The summed E-state index contributed by atoms with van der Waals surface area (Å²) in [6.07, 6.45) is 4.80. The Kier molecular flexibility index (Phi) is 5.69. The number of rotatable bonds is 7. The molecule has 1 fully saturated rings. The van der Waals surface area contributed by atoms with Crippen molar-refractivity contribution in [3.8, 4) is 5.75 Å². The van der Waals surface area contributed by atoms with E-state index in [2.05, 4.69) is 0 Å². The van der Waals surface area contributed by atoms with E-state index in [1.807, 2.05) is 12.2 Å². The van der Waals surface area contributed by atoms with E-state index in [1.54, 1.807) is 24.3 Å². The fourth-order valence-corrected chi connectivity index (χ4v) is 3.46. The standard InChI is InChI=1S/C20H21NO6/c1-26-17-9-5-4-8-15(17)16(22)12-27-18(23)10-11-21-19(24)13-6-2-3-7-14(13)20(21)25/h2-5,8-9,13-14H,6-7,10-12H2,1H3/t13-,14-/m0/s1. The van der Waals surface area contributed by atoms with Crippen LogP contribution in [0.15, 0.2) is 36.4 Å². The second kappa shape index (κ2) is 8.16. The molecule has 0 bridgehead atoms. The van der Waals surface area contributed by atoms with Crippen molar-refractivity contribution in [3.05, 3.63) is 42.0 Å². The molecule has 7 heteroatoms. The molecule has 1 aromatic carbocycles. The number of Topliss-reactive ketones (excluding diaryl/α,β-unsaturated/α-hetero) is 1. The van der Waals surface area contributed by atoms with Gasteiger partial charge >= 0.3 is 5.97 Å². The molecule has 2 atom stereocenters. The van der Waals surface area contributed by atoms with Gasteiger partial charge in [-0.2, -0.15) is 0 Å². The summed E-state index contributed by atoms with van der Waals surface area (Å²) in [6.45, 7) is -0.442. The molecule has 1 aliphatic heterocycles. The molecule has 0 N–H and O–H groups in total. The van der Waals surface area contributed by atoms with E-state index in [1.165, 1.54) is 7.11 Å². The zero-order valence-electron chi connectivity index (χ0n) is 15.1. The van der Waals surface area contributed by atoms with Crippen LogP contribution in [-0.2, 0) is 19.1 Å². The number of para-hydroxylation sites is 1. The largest absolute Gasteiger partial charge is 0.496 e. The molecule has 27 heavy (non-hydrogen) atoms. The minimum atomic E-state index is -0.633. The third-order valence-corrected chi connectivity index (χ3v) is 4.91. The number of methoxy groups -OCH3 is 1. The van der Waals surface area contributed by atoms with Gasteiger partial charge in [-0.05, 0) is 25.0 Å². The number of esters is 1. The molecule has 7 nitrogen and oxygen atoms in total. The molecule has 142 valence electrons. The van der Waals surface area contributed by atoms with E-state index < -0.39 is 12.6 Å². The fraction of sp³-hybridized carbons (Fsp3) is 0.400. The topological polar surface area (TPSA) is 90.0 Å². The Hall–Kier alpha value is -2.96. The van der Waals surface area contributed by atoms with Crippen LogP contribution in [0.3, 0.4) is 0 Å². The average molecular weight is 371 g/mol. The van der Waals surface area contributed by atoms with Gasteiger partial charge in [-0.3, -0.25) is 24.1 Å². The first-order valence-electron chi connectivity index (χ1n) is 8.85. The van der Waals surface area contributed by atoms with Crippen molar-refractivity contribution in [1.29, 1.82) is 0 Å².